The molecular formula is C14H25N5O. The monoisotopic (exact) mass is 279 g/mol. The summed E-state index contributed by atoms with van der Waals surface area (Å²) in [6.45, 7) is 2.28. The second-order valence-corrected chi connectivity index (χ2v) is 5.39. The first-order valence-corrected chi connectivity index (χ1v) is 7.38. The third-order valence-electron chi connectivity index (χ3n) is 4.27. The molecule has 1 aliphatic carbocycles. The summed E-state index contributed by atoms with van der Waals surface area (Å²) in [5, 5.41) is 2.95. The first kappa shape index (κ1) is 14.8. The van der Waals surface area contributed by atoms with E-state index in [1.165, 1.54) is 32.1 Å². The Labute approximate surface area is 121 Å². The summed E-state index contributed by atoms with van der Waals surface area (Å²) in [5.41, 5.74) is 0. The van der Waals surface area contributed by atoms with Gasteiger partial charge in [-0.05, 0) is 31.6 Å². The first-order valence-electron chi connectivity index (χ1n) is 7.38. The van der Waals surface area contributed by atoms with Crippen molar-refractivity contribution in [2.24, 2.45) is 5.92 Å². The Balaban J connectivity index is 2.10. The van der Waals surface area contributed by atoms with E-state index in [4.69, 9.17) is 4.74 Å². The van der Waals surface area contributed by atoms with Crippen molar-refractivity contribution in [2.45, 2.75) is 45.1 Å². The van der Waals surface area contributed by atoms with Crippen LogP contribution in [-0.4, -0.2) is 42.2 Å². The van der Waals surface area contributed by atoms with Crippen molar-refractivity contribution in [3.63, 3.8) is 0 Å². The van der Waals surface area contributed by atoms with Crippen LogP contribution in [0.1, 0.15) is 39.0 Å². The molecule has 6 nitrogen and oxygen atoms in total. The minimum atomic E-state index is 0.355. The van der Waals surface area contributed by atoms with Crippen LogP contribution in [0, 0.1) is 5.92 Å². The van der Waals surface area contributed by atoms with Gasteiger partial charge in [-0.1, -0.05) is 13.3 Å². The van der Waals surface area contributed by atoms with E-state index in [-0.39, 0.29) is 0 Å². The Morgan fingerprint density at radius 1 is 1.20 bits per heavy atom. The maximum atomic E-state index is 5.14. The van der Waals surface area contributed by atoms with Crippen molar-refractivity contribution in [1.82, 2.24) is 15.0 Å². The average Bonchev–Trinajstić information content (AvgIpc) is 2.53. The molecule has 20 heavy (non-hydrogen) atoms. The standard InChI is InChI=1S/C14H25N5O/c1-5-10-6-8-11(9-7-10)19(3)13-16-12(15-2)17-14(18-13)20-4/h10-11H,5-9H2,1-4H3,(H,15,16,17,18). The summed E-state index contributed by atoms with van der Waals surface area (Å²) in [7, 11) is 5.43. The number of rotatable bonds is 5. The van der Waals surface area contributed by atoms with Gasteiger partial charge in [0.05, 0.1) is 7.11 Å². The van der Waals surface area contributed by atoms with Gasteiger partial charge in [0.1, 0.15) is 0 Å². The topological polar surface area (TPSA) is 63.2 Å². The van der Waals surface area contributed by atoms with E-state index in [0.717, 1.165) is 5.92 Å². The number of anilines is 2. The fourth-order valence-electron chi connectivity index (χ4n) is 2.81. The quantitative estimate of drug-likeness (QED) is 0.892. The van der Waals surface area contributed by atoms with Crippen LogP contribution in [0.5, 0.6) is 6.01 Å². The van der Waals surface area contributed by atoms with Crippen LogP contribution in [0.25, 0.3) is 0 Å². The predicted octanol–water partition coefficient (Wildman–Crippen LogP) is 2.33. The summed E-state index contributed by atoms with van der Waals surface area (Å²) in [6, 6.07) is 0.864. The molecule has 0 radical (unpaired) electrons. The van der Waals surface area contributed by atoms with Gasteiger partial charge < -0.3 is 15.0 Å². The van der Waals surface area contributed by atoms with Crippen LogP contribution in [0.3, 0.4) is 0 Å². The molecule has 1 heterocycles. The minimum Gasteiger partial charge on any atom is -0.467 e. The highest BCUT2D eigenvalue weighted by atomic mass is 16.5. The zero-order valence-corrected chi connectivity index (χ0v) is 12.9. The van der Waals surface area contributed by atoms with Crippen LogP contribution in [0.2, 0.25) is 0 Å². The van der Waals surface area contributed by atoms with E-state index in [0.29, 0.717) is 23.9 Å². The molecule has 0 aromatic carbocycles. The van der Waals surface area contributed by atoms with Crippen LogP contribution < -0.4 is 15.0 Å². The number of methoxy groups -OCH3 is 1. The molecule has 0 spiro atoms. The summed E-state index contributed by atoms with van der Waals surface area (Å²) >= 11 is 0. The zero-order chi connectivity index (χ0) is 14.5. The Bertz CT molecular complexity index is 409. The molecule has 1 aliphatic rings. The lowest BCUT2D eigenvalue weighted by molar-refractivity contribution is 0.311. The second-order valence-electron chi connectivity index (χ2n) is 5.39. The molecule has 1 saturated carbocycles. The zero-order valence-electron chi connectivity index (χ0n) is 12.9. The van der Waals surface area contributed by atoms with Crippen molar-refractivity contribution >= 4 is 11.9 Å². The third kappa shape index (κ3) is 3.29. The molecule has 0 bridgehead atoms. The highest BCUT2D eigenvalue weighted by Gasteiger charge is 2.25. The smallest absolute Gasteiger partial charge is 0.322 e. The number of aromatic nitrogens is 3. The molecule has 0 aliphatic heterocycles. The van der Waals surface area contributed by atoms with Gasteiger partial charge in [0.2, 0.25) is 11.9 Å². The Kier molecular flexibility index (Phi) is 4.98. The Hall–Kier alpha value is -1.59. The lowest BCUT2D eigenvalue weighted by Gasteiger charge is -2.34. The third-order valence-corrected chi connectivity index (χ3v) is 4.27. The summed E-state index contributed by atoms with van der Waals surface area (Å²) < 4.78 is 5.14. The normalized spacial score (nSPS) is 22.4. The molecule has 2 rings (SSSR count). The van der Waals surface area contributed by atoms with Crippen molar-refractivity contribution in [2.75, 3.05) is 31.4 Å². The van der Waals surface area contributed by atoms with Crippen molar-refractivity contribution in [3.8, 4) is 6.01 Å². The van der Waals surface area contributed by atoms with Crippen molar-refractivity contribution in [3.05, 3.63) is 0 Å². The van der Waals surface area contributed by atoms with Gasteiger partial charge in [0.15, 0.2) is 0 Å². The number of nitrogens with zero attached hydrogens (tertiary/aromatic N) is 4. The van der Waals surface area contributed by atoms with Crippen molar-refractivity contribution in [1.29, 1.82) is 0 Å². The van der Waals surface area contributed by atoms with Gasteiger partial charge in [-0.3, -0.25) is 0 Å². The molecular weight excluding hydrogens is 254 g/mol. The van der Waals surface area contributed by atoms with E-state index < -0.39 is 0 Å². The van der Waals surface area contributed by atoms with Gasteiger partial charge in [-0.15, -0.1) is 0 Å². The molecule has 1 fully saturated rings. The average molecular weight is 279 g/mol. The lowest BCUT2D eigenvalue weighted by atomic mass is 9.84. The van der Waals surface area contributed by atoms with E-state index in [9.17, 15) is 0 Å². The molecule has 0 amide bonds. The van der Waals surface area contributed by atoms with E-state index >= 15 is 0 Å². The fraction of sp³-hybridized carbons (Fsp3) is 0.786. The van der Waals surface area contributed by atoms with Crippen LogP contribution >= 0.6 is 0 Å². The molecule has 1 aromatic heterocycles. The van der Waals surface area contributed by atoms with Gasteiger partial charge in [-0.2, -0.15) is 15.0 Å². The largest absolute Gasteiger partial charge is 0.467 e. The summed E-state index contributed by atoms with van der Waals surface area (Å²) in [6.07, 6.45) is 6.30. The SMILES string of the molecule is CCC1CCC(N(C)c2nc(NC)nc(OC)n2)CC1. The first-order chi connectivity index (χ1) is 9.67. The lowest BCUT2D eigenvalue weighted by Crippen LogP contribution is -2.36. The molecule has 112 valence electrons. The summed E-state index contributed by atoms with van der Waals surface area (Å²) in [5.74, 6) is 2.11. The highest BCUT2D eigenvalue weighted by Crippen LogP contribution is 2.30. The van der Waals surface area contributed by atoms with Crippen LogP contribution in [-0.2, 0) is 0 Å². The molecule has 1 N–H and O–H groups in total. The van der Waals surface area contributed by atoms with E-state index in [1.54, 1.807) is 14.2 Å². The second kappa shape index (κ2) is 6.72. The maximum absolute atomic E-state index is 5.14. The molecule has 0 unspecified atom stereocenters. The van der Waals surface area contributed by atoms with Crippen LogP contribution in [0.15, 0.2) is 0 Å². The predicted molar refractivity (Wildman–Crippen MR) is 80.4 cm³/mol. The number of ether oxygens (including phenoxy) is 1. The number of nitrogens with one attached hydrogen (secondary N) is 1. The molecule has 6 heteroatoms. The van der Waals surface area contributed by atoms with Gasteiger partial charge >= 0.3 is 6.01 Å². The number of hydrogen-bond donors (Lipinski definition) is 1. The maximum Gasteiger partial charge on any atom is 0.322 e. The minimum absolute atomic E-state index is 0.355. The van der Waals surface area contributed by atoms with Gasteiger partial charge in [0, 0.05) is 20.1 Å². The Morgan fingerprint density at radius 3 is 2.45 bits per heavy atom. The van der Waals surface area contributed by atoms with E-state index in [2.05, 4.69) is 39.1 Å². The van der Waals surface area contributed by atoms with Crippen LogP contribution in [0.4, 0.5) is 11.9 Å². The molecule has 0 atom stereocenters. The van der Waals surface area contributed by atoms with Crippen molar-refractivity contribution < 1.29 is 4.74 Å². The Morgan fingerprint density at radius 2 is 1.90 bits per heavy atom. The molecule has 1 aromatic rings. The fourth-order valence-corrected chi connectivity index (χ4v) is 2.81. The molecule has 0 saturated heterocycles. The van der Waals surface area contributed by atoms with Gasteiger partial charge in [0.25, 0.3) is 0 Å². The van der Waals surface area contributed by atoms with E-state index in [1.807, 2.05) is 0 Å². The number of hydrogen-bond acceptors (Lipinski definition) is 6. The highest BCUT2D eigenvalue weighted by molar-refractivity contribution is 5.38. The van der Waals surface area contributed by atoms with Gasteiger partial charge in [-0.25, -0.2) is 0 Å². The summed E-state index contributed by atoms with van der Waals surface area (Å²) in [4.78, 5) is 15.1.